The maximum Gasteiger partial charge on any atom is 0.191 e. The van der Waals surface area contributed by atoms with E-state index in [1.807, 2.05) is 19.9 Å². The van der Waals surface area contributed by atoms with E-state index >= 15 is 0 Å². The summed E-state index contributed by atoms with van der Waals surface area (Å²) in [5, 5.41) is 6.79. The molecule has 152 valence electrons. The largest absolute Gasteiger partial charge is 0.490 e. The van der Waals surface area contributed by atoms with E-state index in [1.54, 1.807) is 0 Å². The highest BCUT2D eigenvalue weighted by atomic mass is 16.5. The molecule has 1 unspecified atom stereocenters. The summed E-state index contributed by atoms with van der Waals surface area (Å²) >= 11 is 0. The van der Waals surface area contributed by atoms with Crippen LogP contribution in [0.3, 0.4) is 0 Å². The lowest BCUT2D eigenvalue weighted by molar-refractivity contribution is 0.287. The van der Waals surface area contributed by atoms with Gasteiger partial charge in [-0.2, -0.15) is 0 Å². The first-order valence-corrected chi connectivity index (χ1v) is 10.3. The first-order valence-electron chi connectivity index (χ1n) is 10.3. The Morgan fingerprint density at radius 3 is 2.59 bits per heavy atom. The van der Waals surface area contributed by atoms with E-state index < -0.39 is 0 Å². The number of nitrogens with one attached hydrogen (secondary N) is 2. The fraction of sp³-hybridized carbons (Fsp3) is 0.667. The monoisotopic (exact) mass is 376 g/mol. The van der Waals surface area contributed by atoms with E-state index in [4.69, 9.17) is 14.5 Å². The zero-order valence-corrected chi connectivity index (χ0v) is 17.4. The van der Waals surface area contributed by atoms with Gasteiger partial charge in [0.05, 0.1) is 19.8 Å². The average molecular weight is 377 g/mol. The third-order valence-electron chi connectivity index (χ3n) is 4.79. The van der Waals surface area contributed by atoms with Crippen LogP contribution in [0.25, 0.3) is 0 Å². The Labute approximate surface area is 164 Å². The maximum absolute atomic E-state index is 5.72. The second-order valence-corrected chi connectivity index (χ2v) is 6.82. The van der Waals surface area contributed by atoms with Crippen LogP contribution in [0, 0.1) is 0 Å². The number of aliphatic imine (C=N–C) groups is 1. The Bertz CT molecular complexity index is 592. The van der Waals surface area contributed by atoms with Gasteiger partial charge >= 0.3 is 0 Å². The van der Waals surface area contributed by atoms with E-state index in [0.29, 0.717) is 19.3 Å². The van der Waals surface area contributed by atoms with Gasteiger partial charge in [-0.15, -0.1) is 0 Å². The topological polar surface area (TPSA) is 58.1 Å². The van der Waals surface area contributed by atoms with Crippen LogP contribution in [0.1, 0.15) is 39.2 Å². The molecule has 1 aromatic rings. The van der Waals surface area contributed by atoms with Gasteiger partial charge < -0.3 is 25.0 Å². The number of hydrogen-bond acceptors (Lipinski definition) is 4. The van der Waals surface area contributed by atoms with Crippen molar-refractivity contribution in [2.24, 2.45) is 4.99 Å². The number of nitrogens with zero attached hydrogens (tertiary/aromatic N) is 2. The molecule has 1 atom stereocenters. The molecule has 0 aromatic heterocycles. The Balaban J connectivity index is 1.88. The zero-order chi connectivity index (χ0) is 19.5. The van der Waals surface area contributed by atoms with Gasteiger partial charge in [-0.25, -0.2) is 0 Å². The van der Waals surface area contributed by atoms with Gasteiger partial charge in [-0.1, -0.05) is 6.07 Å². The molecule has 0 radical (unpaired) electrons. The minimum atomic E-state index is 0.570. The molecule has 0 spiro atoms. The molecule has 0 saturated carbocycles. The average Bonchev–Trinajstić information content (AvgIpc) is 3.07. The van der Waals surface area contributed by atoms with Gasteiger partial charge in [-0.3, -0.25) is 4.99 Å². The highest BCUT2D eigenvalue weighted by Crippen LogP contribution is 2.28. The Kier molecular flexibility index (Phi) is 9.25. The molecule has 1 saturated heterocycles. The first kappa shape index (κ1) is 21.4. The van der Waals surface area contributed by atoms with Crippen LogP contribution in [0.2, 0.25) is 0 Å². The van der Waals surface area contributed by atoms with E-state index in [0.717, 1.165) is 43.5 Å². The summed E-state index contributed by atoms with van der Waals surface area (Å²) in [5.74, 6) is 2.53. The fourth-order valence-electron chi connectivity index (χ4n) is 3.32. The van der Waals surface area contributed by atoms with Gasteiger partial charge in [0, 0.05) is 19.1 Å². The Hall–Kier alpha value is -1.95. The molecule has 6 heteroatoms. The van der Waals surface area contributed by atoms with Gasteiger partial charge in [0.25, 0.3) is 0 Å². The van der Waals surface area contributed by atoms with Crippen molar-refractivity contribution in [3.8, 4) is 11.5 Å². The van der Waals surface area contributed by atoms with Crippen molar-refractivity contribution < 1.29 is 9.47 Å². The molecule has 1 heterocycles. The van der Waals surface area contributed by atoms with Gasteiger partial charge in [0.2, 0.25) is 0 Å². The summed E-state index contributed by atoms with van der Waals surface area (Å²) in [6.07, 6.45) is 3.42. The lowest BCUT2D eigenvalue weighted by atomic mass is 10.1. The van der Waals surface area contributed by atoms with E-state index in [1.165, 1.54) is 24.9 Å². The number of benzene rings is 1. The number of likely N-dealkylation sites (N-methyl/N-ethyl adjacent to an activating group) is 1. The molecule has 0 amide bonds. The van der Waals surface area contributed by atoms with Crippen molar-refractivity contribution in [2.75, 3.05) is 46.4 Å². The lowest BCUT2D eigenvalue weighted by Gasteiger charge is -2.18. The molecule has 0 aliphatic carbocycles. The third-order valence-corrected chi connectivity index (χ3v) is 4.79. The van der Waals surface area contributed by atoms with Crippen LogP contribution < -0.4 is 20.1 Å². The van der Waals surface area contributed by atoms with Crippen LogP contribution in [-0.4, -0.2) is 63.3 Å². The fourth-order valence-corrected chi connectivity index (χ4v) is 3.32. The molecular formula is C21H36N4O2. The van der Waals surface area contributed by atoms with Crippen molar-refractivity contribution in [2.45, 2.75) is 46.1 Å². The van der Waals surface area contributed by atoms with Gasteiger partial charge in [-0.05, 0) is 71.3 Å². The van der Waals surface area contributed by atoms with E-state index in [9.17, 15) is 0 Å². The minimum absolute atomic E-state index is 0.570. The summed E-state index contributed by atoms with van der Waals surface area (Å²) in [6.45, 7) is 11.1. The van der Waals surface area contributed by atoms with Crippen molar-refractivity contribution in [3.63, 3.8) is 0 Å². The molecule has 2 N–H and O–H groups in total. The number of guanidine groups is 1. The SMILES string of the molecule is CCNC(=NCC1CCCN1C)NCCc1ccc(OCC)c(OCC)c1. The van der Waals surface area contributed by atoms with Gasteiger partial charge in [0.15, 0.2) is 17.5 Å². The minimum Gasteiger partial charge on any atom is -0.490 e. The molecule has 1 aliphatic rings. The molecule has 27 heavy (non-hydrogen) atoms. The highest BCUT2D eigenvalue weighted by Gasteiger charge is 2.20. The van der Waals surface area contributed by atoms with Crippen molar-refractivity contribution in [3.05, 3.63) is 23.8 Å². The van der Waals surface area contributed by atoms with Gasteiger partial charge in [0.1, 0.15) is 0 Å². The zero-order valence-electron chi connectivity index (χ0n) is 17.4. The Morgan fingerprint density at radius 2 is 1.93 bits per heavy atom. The number of hydrogen-bond donors (Lipinski definition) is 2. The Morgan fingerprint density at radius 1 is 1.15 bits per heavy atom. The van der Waals surface area contributed by atoms with Crippen LogP contribution >= 0.6 is 0 Å². The van der Waals surface area contributed by atoms with Crippen molar-refractivity contribution in [1.82, 2.24) is 15.5 Å². The quantitative estimate of drug-likeness (QED) is 0.486. The standard InChI is InChI=1S/C21H36N4O2/c1-5-22-21(24-16-18-9-8-14-25(18)4)23-13-12-17-10-11-19(26-6-2)20(15-17)27-7-3/h10-11,15,18H,5-9,12-14,16H2,1-4H3,(H2,22,23,24). The summed E-state index contributed by atoms with van der Waals surface area (Å²) in [7, 11) is 2.19. The smallest absolute Gasteiger partial charge is 0.191 e. The predicted molar refractivity (Wildman–Crippen MR) is 112 cm³/mol. The molecule has 1 aliphatic heterocycles. The van der Waals surface area contributed by atoms with E-state index in [2.05, 4.69) is 41.6 Å². The molecule has 2 rings (SSSR count). The van der Waals surface area contributed by atoms with E-state index in [-0.39, 0.29) is 0 Å². The van der Waals surface area contributed by atoms with Crippen LogP contribution in [0.4, 0.5) is 0 Å². The number of likely N-dealkylation sites (tertiary alicyclic amines) is 1. The second kappa shape index (κ2) is 11.7. The molecule has 1 aromatic carbocycles. The summed E-state index contributed by atoms with van der Waals surface area (Å²) in [6, 6.07) is 6.75. The lowest BCUT2D eigenvalue weighted by Crippen LogP contribution is -2.39. The van der Waals surface area contributed by atoms with Crippen molar-refractivity contribution in [1.29, 1.82) is 0 Å². The number of ether oxygens (including phenoxy) is 2. The summed E-state index contributed by atoms with van der Waals surface area (Å²) in [4.78, 5) is 7.18. The molecule has 0 bridgehead atoms. The third kappa shape index (κ3) is 6.94. The van der Waals surface area contributed by atoms with Crippen LogP contribution in [0.5, 0.6) is 11.5 Å². The normalized spacial score (nSPS) is 17.8. The van der Waals surface area contributed by atoms with Crippen molar-refractivity contribution >= 4 is 5.96 Å². The molecule has 6 nitrogen and oxygen atoms in total. The van der Waals surface area contributed by atoms with Crippen LogP contribution in [-0.2, 0) is 6.42 Å². The molecular weight excluding hydrogens is 340 g/mol. The maximum atomic E-state index is 5.72. The summed E-state index contributed by atoms with van der Waals surface area (Å²) < 4.78 is 11.4. The second-order valence-electron chi connectivity index (χ2n) is 6.82. The molecule has 1 fully saturated rings. The van der Waals surface area contributed by atoms with Crippen LogP contribution in [0.15, 0.2) is 23.2 Å². The number of rotatable bonds is 10. The summed E-state index contributed by atoms with van der Waals surface area (Å²) in [5.41, 5.74) is 1.22. The highest BCUT2D eigenvalue weighted by molar-refractivity contribution is 5.79. The first-order chi connectivity index (χ1) is 13.2. The predicted octanol–water partition coefficient (Wildman–Crippen LogP) is 2.68.